The van der Waals surface area contributed by atoms with Crippen LogP contribution in [0, 0.1) is 6.92 Å². The van der Waals surface area contributed by atoms with Gasteiger partial charge in [-0.1, -0.05) is 23.8 Å². The Morgan fingerprint density at radius 2 is 2.14 bits per heavy atom. The van der Waals surface area contributed by atoms with Crippen LogP contribution in [0.15, 0.2) is 18.2 Å². The van der Waals surface area contributed by atoms with Crippen LogP contribution < -0.4 is 11.5 Å². The largest absolute Gasteiger partial charge is 0.397 e. The molecule has 0 saturated carbocycles. The first-order valence-corrected chi connectivity index (χ1v) is 4.95. The second-order valence-electron chi connectivity index (χ2n) is 3.21. The van der Waals surface area contributed by atoms with Crippen molar-refractivity contribution in [3.05, 3.63) is 34.4 Å². The van der Waals surface area contributed by atoms with Crippen molar-refractivity contribution in [2.45, 2.75) is 13.3 Å². The van der Waals surface area contributed by atoms with E-state index in [0.717, 1.165) is 17.5 Å². The molecule has 0 fully saturated rings. The highest BCUT2D eigenvalue weighted by molar-refractivity contribution is 6.33. The molecule has 0 saturated heterocycles. The van der Waals surface area contributed by atoms with E-state index in [2.05, 4.69) is 0 Å². The van der Waals surface area contributed by atoms with Gasteiger partial charge in [-0.3, -0.25) is 0 Å². The fraction of sp³-hybridized carbons (Fsp3) is 0.273. The lowest BCUT2D eigenvalue weighted by atomic mass is 10.1. The summed E-state index contributed by atoms with van der Waals surface area (Å²) in [6.45, 7) is 2.61. The number of benzene rings is 1. The summed E-state index contributed by atoms with van der Waals surface area (Å²) in [5, 5.41) is 0.609. The van der Waals surface area contributed by atoms with E-state index in [-0.39, 0.29) is 0 Å². The van der Waals surface area contributed by atoms with Gasteiger partial charge in [0.25, 0.3) is 0 Å². The first-order valence-electron chi connectivity index (χ1n) is 4.57. The number of aryl methyl sites for hydroxylation is 1. The average molecular weight is 211 g/mol. The van der Waals surface area contributed by atoms with Gasteiger partial charge in [-0.25, -0.2) is 0 Å². The topological polar surface area (TPSA) is 52.0 Å². The molecule has 0 heterocycles. The van der Waals surface area contributed by atoms with Crippen LogP contribution in [0.25, 0.3) is 6.08 Å². The number of halogens is 1. The van der Waals surface area contributed by atoms with Crippen LogP contribution >= 0.6 is 11.6 Å². The highest BCUT2D eigenvalue weighted by Gasteiger charge is 2.00. The fourth-order valence-corrected chi connectivity index (χ4v) is 1.47. The molecule has 0 radical (unpaired) electrons. The highest BCUT2D eigenvalue weighted by atomic mass is 35.5. The van der Waals surface area contributed by atoms with E-state index < -0.39 is 0 Å². The maximum atomic E-state index is 5.95. The van der Waals surface area contributed by atoms with E-state index in [1.807, 2.05) is 31.2 Å². The van der Waals surface area contributed by atoms with Gasteiger partial charge in [0.1, 0.15) is 0 Å². The number of nitrogen functional groups attached to an aromatic ring is 1. The minimum absolute atomic E-state index is 0.609. The predicted molar refractivity (Wildman–Crippen MR) is 63.3 cm³/mol. The lowest BCUT2D eigenvalue weighted by Crippen LogP contribution is -1.95. The van der Waals surface area contributed by atoms with Crippen molar-refractivity contribution in [2.75, 3.05) is 12.3 Å². The van der Waals surface area contributed by atoms with Crippen molar-refractivity contribution < 1.29 is 0 Å². The Morgan fingerprint density at radius 1 is 1.43 bits per heavy atom. The van der Waals surface area contributed by atoms with Gasteiger partial charge in [-0.05, 0) is 43.1 Å². The lowest BCUT2D eigenvalue weighted by Gasteiger charge is -2.04. The van der Waals surface area contributed by atoms with Crippen LogP contribution in [0.3, 0.4) is 0 Å². The van der Waals surface area contributed by atoms with Crippen molar-refractivity contribution in [3.63, 3.8) is 0 Å². The molecule has 0 bridgehead atoms. The zero-order chi connectivity index (χ0) is 10.6. The highest BCUT2D eigenvalue weighted by Crippen LogP contribution is 2.24. The molecule has 0 aliphatic rings. The Hall–Kier alpha value is -0.990. The standard InChI is InChI=1S/C11H15ClN2/c1-8-6-9(4-2-3-5-13)7-10(12)11(8)14/h2,4,6-7H,3,5,13-14H2,1H3. The quantitative estimate of drug-likeness (QED) is 0.754. The van der Waals surface area contributed by atoms with Gasteiger partial charge in [-0.15, -0.1) is 0 Å². The molecule has 0 spiro atoms. The van der Waals surface area contributed by atoms with Crippen LogP contribution in [0.4, 0.5) is 5.69 Å². The monoisotopic (exact) mass is 210 g/mol. The van der Waals surface area contributed by atoms with Crippen LogP contribution in [0.5, 0.6) is 0 Å². The summed E-state index contributed by atoms with van der Waals surface area (Å²) >= 11 is 5.95. The Bertz CT molecular complexity index is 322. The molecule has 4 N–H and O–H groups in total. The number of hydrogen-bond acceptors (Lipinski definition) is 2. The third-order valence-corrected chi connectivity index (χ3v) is 2.32. The van der Waals surface area contributed by atoms with Crippen molar-refractivity contribution >= 4 is 23.4 Å². The normalized spacial score (nSPS) is 11.1. The summed E-state index contributed by atoms with van der Waals surface area (Å²) in [5.74, 6) is 0. The molecule has 0 aromatic heterocycles. The zero-order valence-electron chi connectivity index (χ0n) is 8.26. The van der Waals surface area contributed by atoms with E-state index in [1.54, 1.807) is 0 Å². The molecule has 1 aromatic rings. The molecule has 14 heavy (non-hydrogen) atoms. The third kappa shape index (κ3) is 2.76. The van der Waals surface area contributed by atoms with Crippen molar-refractivity contribution in [1.29, 1.82) is 0 Å². The van der Waals surface area contributed by atoms with Gasteiger partial charge in [0, 0.05) is 0 Å². The van der Waals surface area contributed by atoms with Gasteiger partial charge >= 0.3 is 0 Å². The van der Waals surface area contributed by atoms with Crippen LogP contribution in [-0.4, -0.2) is 6.54 Å². The van der Waals surface area contributed by atoms with Crippen LogP contribution in [-0.2, 0) is 0 Å². The molecular formula is C11H15ClN2. The van der Waals surface area contributed by atoms with Gasteiger partial charge in [-0.2, -0.15) is 0 Å². The van der Waals surface area contributed by atoms with E-state index in [0.29, 0.717) is 17.3 Å². The summed E-state index contributed by atoms with van der Waals surface area (Å²) in [6.07, 6.45) is 4.91. The Balaban J connectivity index is 2.89. The van der Waals surface area contributed by atoms with Gasteiger partial charge in [0.2, 0.25) is 0 Å². The zero-order valence-corrected chi connectivity index (χ0v) is 9.01. The van der Waals surface area contributed by atoms with Gasteiger partial charge < -0.3 is 11.5 Å². The number of rotatable bonds is 3. The third-order valence-electron chi connectivity index (χ3n) is 2.00. The Morgan fingerprint density at radius 3 is 2.71 bits per heavy atom. The Kier molecular flexibility index (Phi) is 3.98. The summed E-state index contributed by atoms with van der Waals surface area (Å²) in [6, 6.07) is 3.87. The van der Waals surface area contributed by atoms with Crippen molar-refractivity contribution in [1.82, 2.24) is 0 Å². The first-order chi connectivity index (χ1) is 6.65. The SMILES string of the molecule is Cc1cc(C=CCCN)cc(Cl)c1N. The van der Waals surface area contributed by atoms with Gasteiger partial charge in [0.05, 0.1) is 10.7 Å². The maximum absolute atomic E-state index is 5.95. The minimum atomic E-state index is 0.609. The molecule has 0 aliphatic heterocycles. The van der Waals surface area contributed by atoms with E-state index in [9.17, 15) is 0 Å². The molecule has 1 aromatic carbocycles. The molecule has 0 atom stereocenters. The van der Waals surface area contributed by atoms with E-state index >= 15 is 0 Å². The smallest absolute Gasteiger partial charge is 0.0644 e. The second kappa shape index (κ2) is 5.03. The Labute approximate surface area is 89.5 Å². The predicted octanol–water partition coefficient (Wildman–Crippen LogP) is 2.59. The summed E-state index contributed by atoms with van der Waals surface area (Å²) in [5.41, 5.74) is 13.8. The average Bonchev–Trinajstić information content (AvgIpc) is 2.14. The van der Waals surface area contributed by atoms with Crippen LogP contribution in [0.1, 0.15) is 17.5 Å². The molecular weight excluding hydrogens is 196 g/mol. The molecule has 0 amide bonds. The molecule has 2 nitrogen and oxygen atoms in total. The maximum Gasteiger partial charge on any atom is 0.0644 e. The summed E-state index contributed by atoms with van der Waals surface area (Å²) in [7, 11) is 0. The summed E-state index contributed by atoms with van der Waals surface area (Å²) < 4.78 is 0. The van der Waals surface area contributed by atoms with Crippen molar-refractivity contribution in [3.8, 4) is 0 Å². The van der Waals surface area contributed by atoms with Crippen molar-refractivity contribution in [2.24, 2.45) is 5.73 Å². The molecule has 76 valence electrons. The molecule has 0 aliphatic carbocycles. The van der Waals surface area contributed by atoms with E-state index in [4.69, 9.17) is 23.1 Å². The minimum Gasteiger partial charge on any atom is -0.397 e. The number of hydrogen-bond donors (Lipinski definition) is 2. The van der Waals surface area contributed by atoms with E-state index in [1.165, 1.54) is 0 Å². The molecule has 0 unspecified atom stereocenters. The van der Waals surface area contributed by atoms with Crippen LogP contribution in [0.2, 0.25) is 5.02 Å². The van der Waals surface area contributed by atoms with Gasteiger partial charge in [0.15, 0.2) is 0 Å². The number of nitrogens with two attached hydrogens (primary N) is 2. The molecule has 1 rings (SSSR count). The first kappa shape index (κ1) is 11.1. The lowest BCUT2D eigenvalue weighted by molar-refractivity contribution is 1.01. The summed E-state index contributed by atoms with van der Waals surface area (Å²) in [4.78, 5) is 0. The second-order valence-corrected chi connectivity index (χ2v) is 3.62. The molecule has 3 heteroatoms. The number of anilines is 1. The fourth-order valence-electron chi connectivity index (χ4n) is 1.19.